The van der Waals surface area contributed by atoms with Crippen molar-refractivity contribution in [2.24, 2.45) is 0 Å². The van der Waals surface area contributed by atoms with Gasteiger partial charge < -0.3 is 4.90 Å². The normalized spacial score (nSPS) is 16.2. The number of halogens is 3. The summed E-state index contributed by atoms with van der Waals surface area (Å²) < 4.78 is 0. The summed E-state index contributed by atoms with van der Waals surface area (Å²) in [5, 5.41) is 1.09. The number of hydrogen-bond donors (Lipinski definition) is 0. The molecule has 24 heavy (non-hydrogen) atoms. The van der Waals surface area contributed by atoms with Crippen molar-refractivity contribution in [1.29, 1.82) is 0 Å². The van der Waals surface area contributed by atoms with Gasteiger partial charge in [-0.15, -0.1) is 12.4 Å². The third-order valence-electron chi connectivity index (χ3n) is 4.59. The molecule has 0 aliphatic heterocycles. The van der Waals surface area contributed by atoms with E-state index in [9.17, 15) is 4.79 Å². The molecule has 2 rings (SSSR count). The maximum Gasteiger partial charge on any atom is 0.153 e. The smallest absolute Gasteiger partial charge is 0.153 e. The van der Waals surface area contributed by atoms with Crippen LogP contribution in [0, 0.1) is 0 Å². The van der Waals surface area contributed by atoms with E-state index in [2.05, 4.69) is 19.0 Å². The van der Waals surface area contributed by atoms with Crippen LogP contribution in [-0.2, 0) is 10.2 Å². The van der Waals surface area contributed by atoms with E-state index in [0.717, 1.165) is 50.0 Å². The number of hydrogen-bond acceptors (Lipinski definition) is 3. The molecule has 1 aromatic carbocycles. The van der Waals surface area contributed by atoms with Crippen molar-refractivity contribution in [3.05, 3.63) is 33.8 Å². The lowest BCUT2D eigenvalue weighted by Gasteiger charge is -2.28. The second kappa shape index (κ2) is 10.3. The fourth-order valence-corrected chi connectivity index (χ4v) is 4.52. The van der Waals surface area contributed by atoms with Gasteiger partial charge in [0, 0.05) is 0 Å². The van der Waals surface area contributed by atoms with E-state index in [-0.39, 0.29) is 17.8 Å². The van der Waals surface area contributed by atoms with Crippen LogP contribution in [0.3, 0.4) is 0 Å². The maximum absolute atomic E-state index is 13.0. The Kier molecular flexibility index (Phi) is 9.47. The molecule has 1 saturated carbocycles. The molecule has 0 heterocycles. The standard InChI is InChI=1S/C18H25Cl2NOS.ClH/c1-21(2)10-5-11-23-13-17(22)18(8-3-4-9-18)14-6-7-15(19)16(20)12-14;/h6-7,12H,3-5,8-11,13H2,1-2H3;1H. The maximum atomic E-state index is 13.0. The molecule has 0 saturated heterocycles. The van der Waals surface area contributed by atoms with Gasteiger partial charge in [0.15, 0.2) is 5.78 Å². The summed E-state index contributed by atoms with van der Waals surface area (Å²) in [7, 11) is 4.15. The first-order chi connectivity index (χ1) is 11.0. The predicted molar refractivity (Wildman–Crippen MR) is 109 cm³/mol. The van der Waals surface area contributed by atoms with Crippen LogP contribution in [-0.4, -0.2) is 42.8 Å². The monoisotopic (exact) mass is 409 g/mol. The SMILES string of the molecule is CN(C)CCCSCC(=O)C1(c2ccc(Cl)c(Cl)c2)CCCC1.Cl. The number of benzene rings is 1. The minimum Gasteiger partial charge on any atom is -0.309 e. The summed E-state index contributed by atoms with van der Waals surface area (Å²) in [5.41, 5.74) is 0.700. The number of carbonyl (C=O) groups is 1. The van der Waals surface area contributed by atoms with Crippen LogP contribution in [0.1, 0.15) is 37.7 Å². The predicted octanol–water partition coefficient (Wildman–Crippen LogP) is 5.48. The lowest BCUT2D eigenvalue weighted by molar-refractivity contribution is -0.121. The molecule has 0 spiro atoms. The zero-order chi connectivity index (χ0) is 16.9. The molecule has 1 aromatic rings. The fourth-order valence-electron chi connectivity index (χ4n) is 3.29. The highest BCUT2D eigenvalue weighted by Crippen LogP contribution is 2.44. The summed E-state index contributed by atoms with van der Waals surface area (Å²) in [6.07, 6.45) is 5.20. The van der Waals surface area contributed by atoms with E-state index >= 15 is 0 Å². The first kappa shape index (κ1) is 22.1. The van der Waals surface area contributed by atoms with E-state index in [1.807, 2.05) is 18.2 Å². The van der Waals surface area contributed by atoms with Crippen LogP contribution in [0.4, 0.5) is 0 Å². The minimum absolute atomic E-state index is 0. The molecule has 0 atom stereocenters. The first-order valence-electron chi connectivity index (χ1n) is 8.17. The van der Waals surface area contributed by atoms with Gasteiger partial charge in [-0.2, -0.15) is 11.8 Å². The van der Waals surface area contributed by atoms with Crippen LogP contribution in [0.5, 0.6) is 0 Å². The minimum atomic E-state index is -0.344. The Morgan fingerprint density at radius 1 is 1.21 bits per heavy atom. The Bertz CT molecular complexity index is 545. The van der Waals surface area contributed by atoms with Gasteiger partial charge in [0.25, 0.3) is 0 Å². The Morgan fingerprint density at radius 3 is 2.46 bits per heavy atom. The molecule has 1 aliphatic rings. The van der Waals surface area contributed by atoms with Crippen molar-refractivity contribution in [2.45, 2.75) is 37.5 Å². The van der Waals surface area contributed by atoms with Gasteiger partial charge in [-0.25, -0.2) is 0 Å². The number of carbonyl (C=O) groups excluding carboxylic acids is 1. The average molecular weight is 411 g/mol. The Balaban J connectivity index is 0.00000288. The van der Waals surface area contributed by atoms with Crippen molar-refractivity contribution < 1.29 is 4.79 Å². The Labute approximate surface area is 166 Å². The van der Waals surface area contributed by atoms with E-state index < -0.39 is 0 Å². The van der Waals surface area contributed by atoms with Crippen molar-refractivity contribution in [3.63, 3.8) is 0 Å². The van der Waals surface area contributed by atoms with E-state index in [1.54, 1.807) is 11.8 Å². The molecule has 1 aliphatic carbocycles. The molecule has 2 nitrogen and oxygen atoms in total. The van der Waals surface area contributed by atoms with Gasteiger partial charge in [-0.05, 0) is 63.4 Å². The highest BCUT2D eigenvalue weighted by Gasteiger charge is 2.42. The lowest BCUT2D eigenvalue weighted by Crippen LogP contribution is -2.34. The molecule has 0 bridgehead atoms. The number of Topliss-reactive ketones (excluding diaryl/α,β-unsaturated/α-hetero) is 1. The summed E-state index contributed by atoms with van der Waals surface area (Å²) in [6.45, 7) is 1.07. The number of rotatable bonds is 8. The number of thioether (sulfide) groups is 1. The quantitative estimate of drug-likeness (QED) is 0.529. The van der Waals surface area contributed by atoms with Gasteiger partial charge in [0.1, 0.15) is 0 Å². The van der Waals surface area contributed by atoms with Crippen LogP contribution in [0.25, 0.3) is 0 Å². The van der Waals surface area contributed by atoms with E-state index in [1.165, 1.54) is 0 Å². The molecule has 6 heteroatoms. The topological polar surface area (TPSA) is 20.3 Å². The largest absolute Gasteiger partial charge is 0.309 e. The van der Waals surface area contributed by atoms with Crippen LogP contribution >= 0.6 is 47.4 Å². The number of ketones is 1. The van der Waals surface area contributed by atoms with Gasteiger partial charge >= 0.3 is 0 Å². The van der Waals surface area contributed by atoms with Gasteiger partial charge in [0.2, 0.25) is 0 Å². The molecule has 0 amide bonds. The summed E-state index contributed by atoms with van der Waals surface area (Å²) in [5.74, 6) is 1.97. The van der Waals surface area contributed by atoms with Gasteiger partial charge in [-0.1, -0.05) is 42.1 Å². The molecule has 1 fully saturated rings. The molecule has 0 N–H and O–H groups in total. The number of nitrogens with zero attached hydrogens (tertiary/aromatic N) is 1. The zero-order valence-corrected chi connectivity index (χ0v) is 17.5. The second-order valence-corrected chi connectivity index (χ2v) is 8.47. The Morgan fingerprint density at radius 2 is 1.88 bits per heavy atom. The van der Waals surface area contributed by atoms with Crippen molar-refractivity contribution in [1.82, 2.24) is 4.90 Å². The van der Waals surface area contributed by atoms with Crippen molar-refractivity contribution >= 4 is 53.2 Å². The van der Waals surface area contributed by atoms with Crippen molar-refractivity contribution in [2.75, 3.05) is 32.1 Å². The highest BCUT2D eigenvalue weighted by molar-refractivity contribution is 7.99. The average Bonchev–Trinajstić information content (AvgIpc) is 3.00. The second-order valence-electron chi connectivity index (χ2n) is 6.55. The molecule has 136 valence electrons. The molecular weight excluding hydrogens is 385 g/mol. The zero-order valence-electron chi connectivity index (χ0n) is 14.3. The summed E-state index contributed by atoms with van der Waals surface area (Å²) in [6, 6.07) is 5.69. The Hall–Kier alpha value is 0.0700. The lowest BCUT2D eigenvalue weighted by atomic mass is 9.76. The van der Waals surface area contributed by atoms with Crippen LogP contribution in [0.15, 0.2) is 18.2 Å². The van der Waals surface area contributed by atoms with Crippen molar-refractivity contribution in [3.8, 4) is 0 Å². The summed E-state index contributed by atoms with van der Waals surface area (Å²) in [4.78, 5) is 15.1. The van der Waals surface area contributed by atoms with Crippen LogP contribution < -0.4 is 0 Å². The van der Waals surface area contributed by atoms with E-state index in [0.29, 0.717) is 21.6 Å². The molecular formula is C18H26Cl3NOS. The van der Waals surface area contributed by atoms with Crippen LogP contribution in [0.2, 0.25) is 10.0 Å². The molecule has 0 radical (unpaired) electrons. The highest BCUT2D eigenvalue weighted by atomic mass is 35.5. The first-order valence-corrected chi connectivity index (χ1v) is 10.1. The molecule has 0 aromatic heterocycles. The fraction of sp³-hybridized carbons (Fsp3) is 0.611. The van der Waals surface area contributed by atoms with E-state index in [4.69, 9.17) is 23.2 Å². The summed E-state index contributed by atoms with van der Waals surface area (Å²) >= 11 is 14.0. The van der Waals surface area contributed by atoms with Gasteiger partial charge in [0.05, 0.1) is 21.2 Å². The third kappa shape index (κ3) is 5.54. The van der Waals surface area contributed by atoms with Gasteiger partial charge in [-0.3, -0.25) is 4.79 Å². The third-order valence-corrected chi connectivity index (χ3v) is 6.37. The molecule has 0 unspecified atom stereocenters.